The molecule has 0 bridgehead atoms. The largest absolute Gasteiger partial charge is 0.423 e. The molecule has 0 spiro atoms. The SMILES string of the molecule is CCCCCc1cc(F)c(C#Cc2cc(C)c(C(=O)Oc3cc(F)c(C#N)c(F)c3)c(C)c2)c(F)c1. The van der Waals surface area contributed by atoms with Crippen LogP contribution in [0.3, 0.4) is 0 Å². The Labute approximate surface area is 207 Å². The van der Waals surface area contributed by atoms with Crippen LogP contribution in [0.25, 0.3) is 0 Å². The Kier molecular flexibility index (Phi) is 8.51. The standard InChI is InChI=1S/C29H23F4NO2/c1-4-5-6-7-19-12-24(30)22(25(31)13-19)9-8-20-10-17(2)28(18(3)11-20)29(35)36-21-14-26(32)23(16-34)27(33)15-21/h10-15H,4-7H2,1-3H3. The number of nitrogens with zero attached hydrogens (tertiary/aromatic N) is 1. The monoisotopic (exact) mass is 493 g/mol. The maximum Gasteiger partial charge on any atom is 0.344 e. The number of carbonyl (C=O) groups excluding carboxylic acids is 1. The number of hydrogen-bond donors (Lipinski definition) is 0. The molecule has 0 unspecified atom stereocenters. The van der Waals surface area contributed by atoms with Crippen molar-refractivity contribution in [2.24, 2.45) is 0 Å². The van der Waals surface area contributed by atoms with Crippen LogP contribution in [0.2, 0.25) is 0 Å². The van der Waals surface area contributed by atoms with Crippen molar-refractivity contribution in [3.05, 3.63) is 98.6 Å². The molecule has 0 atom stereocenters. The number of benzene rings is 3. The maximum absolute atomic E-state index is 14.5. The smallest absolute Gasteiger partial charge is 0.344 e. The van der Waals surface area contributed by atoms with Gasteiger partial charge in [-0.3, -0.25) is 0 Å². The fraction of sp³-hybridized carbons (Fsp3) is 0.241. The zero-order valence-corrected chi connectivity index (χ0v) is 20.1. The van der Waals surface area contributed by atoms with Crippen molar-refractivity contribution in [2.45, 2.75) is 46.5 Å². The van der Waals surface area contributed by atoms with Crippen molar-refractivity contribution in [1.29, 1.82) is 5.26 Å². The number of nitriles is 1. The van der Waals surface area contributed by atoms with Gasteiger partial charge in [-0.15, -0.1) is 0 Å². The molecule has 0 saturated heterocycles. The predicted octanol–water partition coefficient (Wildman–Crippen LogP) is 7.08. The number of esters is 1. The van der Waals surface area contributed by atoms with Crippen LogP contribution < -0.4 is 4.74 Å². The first-order valence-corrected chi connectivity index (χ1v) is 11.4. The van der Waals surface area contributed by atoms with Gasteiger partial charge in [0.25, 0.3) is 0 Å². The second-order valence-electron chi connectivity index (χ2n) is 8.39. The molecule has 0 aliphatic rings. The molecule has 0 fully saturated rings. The molecule has 184 valence electrons. The van der Waals surface area contributed by atoms with Crippen molar-refractivity contribution >= 4 is 5.97 Å². The van der Waals surface area contributed by atoms with Crippen LogP contribution in [-0.4, -0.2) is 5.97 Å². The Hall–Kier alpha value is -4.10. The quantitative estimate of drug-likeness (QED) is 0.121. The number of unbranched alkanes of at least 4 members (excludes halogenated alkanes) is 2. The Morgan fingerprint density at radius 3 is 1.92 bits per heavy atom. The summed E-state index contributed by atoms with van der Waals surface area (Å²) in [6, 6.07) is 8.59. The number of rotatable bonds is 6. The van der Waals surface area contributed by atoms with E-state index in [4.69, 9.17) is 10.00 Å². The first-order chi connectivity index (χ1) is 17.1. The average Bonchev–Trinajstić information content (AvgIpc) is 2.78. The molecule has 0 N–H and O–H groups in total. The molecule has 3 aromatic carbocycles. The van der Waals surface area contributed by atoms with Crippen LogP contribution in [0.1, 0.15) is 69.9 Å². The number of halogens is 4. The minimum Gasteiger partial charge on any atom is -0.423 e. The summed E-state index contributed by atoms with van der Waals surface area (Å²) in [6.45, 7) is 5.28. The fourth-order valence-electron chi connectivity index (χ4n) is 3.83. The molecule has 7 heteroatoms. The van der Waals surface area contributed by atoms with Gasteiger partial charge in [0.05, 0.1) is 11.1 Å². The molecule has 0 amide bonds. The van der Waals surface area contributed by atoms with E-state index in [-0.39, 0.29) is 16.9 Å². The summed E-state index contributed by atoms with van der Waals surface area (Å²) < 4.78 is 61.7. The van der Waals surface area contributed by atoms with E-state index >= 15 is 0 Å². The van der Waals surface area contributed by atoms with Crippen molar-refractivity contribution in [1.82, 2.24) is 0 Å². The Balaban J connectivity index is 1.84. The maximum atomic E-state index is 14.5. The van der Waals surface area contributed by atoms with Gasteiger partial charge in [-0.1, -0.05) is 31.6 Å². The van der Waals surface area contributed by atoms with Gasteiger partial charge in [-0.05, 0) is 67.6 Å². The highest BCUT2D eigenvalue weighted by Crippen LogP contribution is 2.24. The molecule has 0 aromatic heterocycles. The molecule has 0 saturated carbocycles. The first-order valence-electron chi connectivity index (χ1n) is 11.4. The van der Waals surface area contributed by atoms with Gasteiger partial charge in [-0.2, -0.15) is 5.26 Å². The third kappa shape index (κ3) is 6.12. The molecular formula is C29H23F4NO2. The summed E-state index contributed by atoms with van der Waals surface area (Å²) in [7, 11) is 0. The van der Waals surface area contributed by atoms with E-state index in [1.165, 1.54) is 18.2 Å². The Morgan fingerprint density at radius 1 is 0.833 bits per heavy atom. The predicted molar refractivity (Wildman–Crippen MR) is 128 cm³/mol. The molecule has 3 aromatic rings. The Morgan fingerprint density at radius 2 is 1.39 bits per heavy atom. The van der Waals surface area contributed by atoms with Gasteiger partial charge in [0, 0.05) is 17.7 Å². The van der Waals surface area contributed by atoms with E-state index in [0.717, 1.165) is 31.4 Å². The second kappa shape index (κ2) is 11.6. The number of hydrogen-bond acceptors (Lipinski definition) is 3. The second-order valence-corrected chi connectivity index (χ2v) is 8.39. The normalized spacial score (nSPS) is 10.4. The van der Waals surface area contributed by atoms with Gasteiger partial charge in [0.2, 0.25) is 0 Å². The van der Waals surface area contributed by atoms with Gasteiger partial charge in [0.15, 0.2) is 0 Å². The third-order valence-corrected chi connectivity index (χ3v) is 5.58. The van der Waals surface area contributed by atoms with Crippen molar-refractivity contribution in [2.75, 3.05) is 0 Å². The topological polar surface area (TPSA) is 50.1 Å². The lowest BCUT2D eigenvalue weighted by Gasteiger charge is -2.11. The molecule has 0 aliphatic heterocycles. The molecule has 0 radical (unpaired) electrons. The minimum atomic E-state index is -1.15. The van der Waals surface area contributed by atoms with Crippen molar-refractivity contribution < 1.29 is 27.1 Å². The zero-order valence-electron chi connectivity index (χ0n) is 20.1. The van der Waals surface area contributed by atoms with Crippen LogP contribution in [0, 0.1) is 60.3 Å². The van der Waals surface area contributed by atoms with E-state index in [2.05, 4.69) is 18.8 Å². The van der Waals surface area contributed by atoms with Crippen molar-refractivity contribution in [3.8, 4) is 23.7 Å². The van der Waals surface area contributed by atoms with Crippen LogP contribution in [0.4, 0.5) is 17.6 Å². The number of aryl methyl sites for hydroxylation is 3. The summed E-state index contributed by atoms with van der Waals surface area (Å²) in [6.07, 6.45) is 3.43. The summed E-state index contributed by atoms with van der Waals surface area (Å²) >= 11 is 0. The van der Waals surface area contributed by atoms with E-state index in [9.17, 15) is 22.4 Å². The highest BCUT2D eigenvalue weighted by atomic mass is 19.1. The van der Waals surface area contributed by atoms with Crippen molar-refractivity contribution in [3.63, 3.8) is 0 Å². The van der Waals surface area contributed by atoms with Gasteiger partial charge >= 0.3 is 5.97 Å². The summed E-state index contributed by atoms with van der Waals surface area (Å²) in [5.41, 5.74) is 0.946. The first kappa shape index (κ1) is 26.5. The molecule has 0 heterocycles. The lowest BCUT2D eigenvalue weighted by Crippen LogP contribution is -2.13. The van der Waals surface area contributed by atoms with E-state index in [1.807, 2.05) is 0 Å². The van der Waals surface area contributed by atoms with E-state index in [0.29, 0.717) is 28.7 Å². The average molecular weight is 494 g/mol. The molecule has 0 aliphatic carbocycles. The highest BCUT2D eigenvalue weighted by Gasteiger charge is 2.18. The van der Waals surface area contributed by atoms with E-state index in [1.54, 1.807) is 26.0 Å². The van der Waals surface area contributed by atoms with Crippen LogP contribution in [0.5, 0.6) is 5.75 Å². The molecule has 3 rings (SSSR count). The van der Waals surface area contributed by atoms with Crippen LogP contribution in [0.15, 0.2) is 36.4 Å². The Bertz CT molecular complexity index is 1360. The molecule has 3 nitrogen and oxygen atoms in total. The summed E-state index contributed by atoms with van der Waals surface area (Å²) in [5, 5.41) is 8.76. The van der Waals surface area contributed by atoms with Crippen LogP contribution in [-0.2, 0) is 6.42 Å². The lowest BCUT2D eigenvalue weighted by molar-refractivity contribution is 0.0732. The van der Waals surface area contributed by atoms with E-state index < -0.39 is 34.8 Å². The number of carbonyl (C=O) groups is 1. The summed E-state index contributed by atoms with van der Waals surface area (Å²) in [4.78, 5) is 12.7. The third-order valence-electron chi connectivity index (χ3n) is 5.58. The highest BCUT2D eigenvalue weighted by molar-refractivity contribution is 5.94. The zero-order chi connectivity index (χ0) is 26.4. The molecule has 36 heavy (non-hydrogen) atoms. The fourth-order valence-corrected chi connectivity index (χ4v) is 3.83. The van der Waals surface area contributed by atoms with Crippen LogP contribution >= 0.6 is 0 Å². The van der Waals surface area contributed by atoms with Gasteiger partial charge in [0.1, 0.15) is 40.7 Å². The van der Waals surface area contributed by atoms with Gasteiger partial charge in [-0.25, -0.2) is 22.4 Å². The lowest BCUT2D eigenvalue weighted by atomic mass is 9.99. The minimum absolute atomic E-state index is 0.152. The molecular weight excluding hydrogens is 470 g/mol. The number of ether oxygens (including phenoxy) is 1. The van der Waals surface area contributed by atoms with Gasteiger partial charge < -0.3 is 4.74 Å². The summed E-state index contributed by atoms with van der Waals surface area (Å²) in [5.74, 6) is 0.259.